The summed E-state index contributed by atoms with van der Waals surface area (Å²) in [5, 5.41) is 12.1. The zero-order chi connectivity index (χ0) is 18.7. The lowest BCUT2D eigenvalue weighted by Gasteiger charge is -2.11. The Kier molecular flexibility index (Phi) is 5.70. The standard InChI is InChI=1S/C17H15Cl2N5OS/c1-10(16(25)21-14-7-3-6-13(19)9-14)26-17-23-22-15(24(17)20)11-4-2-5-12(18)8-11/h2-10H,20H2,1H3,(H,21,25)/t10-/m1/s1. The van der Waals surface area contributed by atoms with Crippen molar-refractivity contribution in [2.24, 2.45) is 0 Å². The van der Waals surface area contributed by atoms with Gasteiger partial charge in [-0.25, -0.2) is 4.68 Å². The van der Waals surface area contributed by atoms with Crippen molar-refractivity contribution in [3.63, 3.8) is 0 Å². The van der Waals surface area contributed by atoms with E-state index in [0.29, 0.717) is 26.7 Å². The Hall–Kier alpha value is -2.22. The summed E-state index contributed by atoms with van der Waals surface area (Å²) in [7, 11) is 0. The predicted molar refractivity (Wildman–Crippen MR) is 106 cm³/mol. The van der Waals surface area contributed by atoms with E-state index in [0.717, 1.165) is 5.56 Å². The molecule has 1 amide bonds. The van der Waals surface area contributed by atoms with Gasteiger partial charge >= 0.3 is 0 Å². The molecule has 6 nitrogen and oxygen atoms in total. The molecular formula is C17H15Cl2N5OS. The van der Waals surface area contributed by atoms with Crippen molar-refractivity contribution >= 4 is 46.6 Å². The van der Waals surface area contributed by atoms with Crippen LogP contribution in [0.4, 0.5) is 5.69 Å². The monoisotopic (exact) mass is 407 g/mol. The van der Waals surface area contributed by atoms with Crippen LogP contribution in [0.2, 0.25) is 10.0 Å². The van der Waals surface area contributed by atoms with Gasteiger partial charge in [-0.1, -0.05) is 53.2 Å². The number of anilines is 1. The van der Waals surface area contributed by atoms with Crippen molar-refractivity contribution in [1.82, 2.24) is 14.9 Å². The second-order valence-corrected chi connectivity index (χ2v) is 7.63. The van der Waals surface area contributed by atoms with Crippen LogP contribution in [0.1, 0.15) is 6.92 Å². The van der Waals surface area contributed by atoms with E-state index < -0.39 is 5.25 Å². The number of aromatic nitrogens is 3. The van der Waals surface area contributed by atoms with Gasteiger partial charge in [0.05, 0.1) is 5.25 Å². The molecule has 0 fully saturated rings. The third-order valence-corrected chi connectivity index (χ3v) is 5.02. The van der Waals surface area contributed by atoms with Gasteiger partial charge in [-0.2, -0.15) is 0 Å². The van der Waals surface area contributed by atoms with Crippen molar-refractivity contribution in [3.8, 4) is 11.4 Å². The summed E-state index contributed by atoms with van der Waals surface area (Å²) in [5.41, 5.74) is 1.37. The summed E-state index contributed by atoms with van der Waals surface area (Å²) in [6.07, 6.45) is 0. The van der Waals surface area contributed by atoms with Crippen LogP contribution in [0.15, 0.2) is 53.7 Å². The average molecular weight is 408 g/mol. The topological polar surface area (TPSA) is 85.8 Å². The molecule has 3 aromatic rings. The van der Waals surface area contributed by atoms with Crippen LogP contribution in [-0.4, -0.2) is 26.0 Å². The molecule has 0 bridgehead atoms. The summed E-state index contributed by atoms with van der Waals surface area (Å²) in [5.74, 6) is 6.36. The molecule has 0 radical (unpaired) electrons. The fraction of sp³-hybridized carbons (Fsp3) is 0.118. The SMILES string of the molecule is C[C@@H](Sc1nnc(-c2cccc(Cl)c2)n1N)C(=O)Nc1cccc(Cl)c1. The Bertz CT molecular complexity index is 946. The third kappa shape index (κ3) is 4.30. The van der Waals surface area contributed by atoms with Crippen LogP contribution in [-0.2, 0) is 4.79 Å². The Morgan fingerprint density at radius 3 is 2.54 bits per heavy atom. The van der Waals surface area contributed by atoms with Gasteiger partial charge in [-0.05, 0) is 37.3 Å². The number of hydrogen-bond donors (Lipinski definition) is 2. The number of benzene rings is 2. The van der Waals surface area contributed by atoms with E-state index in [1.807, 2.05) is 6.07 Å². The average Bonchev–Trinajstić information content (AvgIpc) is 2.95. The van der Waals surface area contributed by atoms with Gasteiger partial charge in [-0.15, -0.1) is 10.2 Å². The number of halogens is 2. The summed E-state index contributed by atoms with van der Waals surface area (Å²) in [6.45, 7) is 1.76. The minimum Gasteiger partial charge on any atom is -0.335 e. The zero-order valence-electron chi connectivity index (χ0n) is 13.7. The first-order valence-corrected chi connectivity index (χ1v) is 9.27. The number of nitrogen functional groups attached to an aromatic ring is 1. The molecule has 3 N–H and O–H groups in total. The van der Waals surface area contributed by atoms with Gasteiger partial charge in [0, 0.05) is 21.3 Å². The molecule has 1 atom stereocenters. The summed E-state index contributed by atoms with van der Waals surface area (Å²) < 4.78 is 1.35. The van der Waals surface area contributed by atoms with E-state index in [9.17, 15) is 4.79 Å². The lowest BCUT2D eigenvalue weighted by molar-refractivity contribution is -0.115. The Morgan fingerprint density at radius 1 is 1.15 bits per heavy atom. The number of carbonyl (C=O) groups excluding carboxylic acids is 1. The highest BCUT2D eigenvalue weighted by atomic mass is 35.5. The minimum absolute atomic E-state index is 0.190. The molecule has 0 unspecified atom stereocenters. The number of nitrogens with one attached hydrogen (secondary N) is 1. The highest BCUT2D eigenvalue weighted by molar-refractivity contribution is 8.00. The Labute approximate surface area is 164 Å². The van der Waals surface area contributed by atoms with E-state index in [2.05, 4.69) is 15.5 Å². The smallest absolute Gasteiger partial charge is 0.237 e. The van der Waals surface area contributed by atoms with Gasteiger partial charge < -0.3 is 11.2 Å². The molecule has 0 saturated carbocycles. The first kappa shape index (κ1) is 18.6. The fourth-order valence-electron chi connectivity index (χ4n) is 2.20. The third-order valence-electron chi connectivity index (χ3n) is 3.49. The molecule has 0 aliphatic carbocycles. The number of nitrogens with two attached hydrogens (primary N) is 1. The van der Waals surface area contributed by atoms with E-state index >= 15 is 0 Å². The van der Waals surface area contributed by atoms with Crippen LogP contribution < -0.4 is 11.2 Å². The Balaban J connectivity index is 1.71. The molecule has 3 rings (SSSR count). The number of nitrogens with zero attached hydrogens (tertiary/aromatic N) is 3. The molecule has 1 heterocycles. The predicted octanol–water partition coefficient (Wildman–Crippen LogP) is 4.09. The van der Waals surface area contributed by atoms with Crippen molar-refractivity contribution < 1.29 is 4.79 Å². The minimum atomic E-state index is -0.437. The quantitative estimate of drug-likeness (QED) is 0.491. The second kappa shape index (κ2) is 7.99. The van der Waals surface area contributed by atoms with Crippen molar-refractivity contribution in [3.05, 3.63) is 58.6 Å². The molecule has 26 heavy (non-hydrogen) atoms. The molecule has 0 spiro atoms. The van der Waals surface area contributed by atoms with Gasteiger partial charge in [0.2, 0.25) is 11.1 Å². The van der Waals surface area contributed by atoms with Crippen LogP contribution in [0.25, 0.3) is 11.4 Å². The molecule has 0 aliphatic heterocycles. The van der Waals surface area contributed by atoms with Crippen molar-refractivity contribution in [2.75, 3.05) is 11.2 Å². The van der Waals surface area contributed by atoms with E-state index in [-0.39, 0.29) is 5.91 Å². The number of carbonyl (C=O) groups is 1. The molecular weight excluding hydrogens is 393 g/mol. The number of thioether (sulfide) groups is 1. The van der Waals surface area contributed by atoms with Gasteiger partial charge in [0.25, 0.3) is 0 Å². The van der Waals surface area contributed by atoms with Gasteiger partial charge in [-0.3, -0.25) is 4.79 Å². The number of amides is 1. The number of hydrogen-bond acceptors (Lipinski definition) is 5. The summed E-state index contributed by atoms with van der Waals surface area (Å²) in [4.78, 5) is 12.4. The van der Waals surface area contributed by atoms with Gasteiger partial charge in [0.1, 0.15) is 0 Å². The summed E-state index contributed by atoms with van der Waals surface area (Å²) in [6, 6.07) is 14.1. The Morgan fingerprint density at radius 2 is 1.85 bits per heavy atom. The summed E-state index contributed by atoms with van der Waals surface area (Å²) >= 11 is 13.1. The molecule has 0 aliphatic rings. The maximum atomic E-state index is 12.4. The zero-order valence-corrected chi connectivity index (χ0v) is 16.0. The van der Waals surface area contributed by atoms with E-state index in [1.54, 1.807) is 49.4 Å². The largest absolute Gasteiger partial charge is 0.335 e. The maximum absolute atomic E-state index is 12.4. The molecule has 134 valence electrons. The fourth-order valence-corrected chi connectivity index (χ4v) is 3.35. The molecule has 0 saturated heterocycles. The van der Waals surface area contributed by atoms with Crippen LogP contribution in [0.3, 0.4) is 0 Å². The van der Waals surface area contributed by atoms with Crippen molar-refractivity contribution in [1.29, 1.82) is 0 Å². The van der Waals surface area contributed by atoms with E-state index in [1.165, 1.54) is 16.4 Å². The normalized spacial score (nSPS) is 12.0. The highest BCUT2D eigenvalue weighted by Gasteiger charge is 2.20. The molecule has 9 heteroatoms. The number of rotatable bonds is 5. The second-order valence-electron chi connectivity index (χ2n) is 5.45. The molecule has 2 aromatic carbocycles. The lowest BCUT2D eigenvalue weighted by Crippen LogP contribution is -2.23. The highest BCUT2D eigenvalue weighted by Crippen LogP contribution is 2.27. The lowest BCUT2D eigenvalue weighted by atomic mass is 10.2. The van der Waals surface area contributed by atoms with Crippen LogP contribution in [0, 0.1) is 0 Å². The van der Waals surface area contributed by atoms with Crippen molar-refractivity contribution in [2.45, 2.75) is 17.3 Å². The maximum Gasteiger partial charge on any atom is 0.237 e. The van der Waals surface area contributed by atoms with Gasteiger partial charge in [0.15, 0.2) is 5.82 Å². The molecule has 1 aromatic heterocycles. The van der Waals surface area contributed by atoms with Crippen LogP contribution in [0.5, 0.6) is 0 Å². The van der Waals surface area contributed by atoms with E-state index in [4.69, 9.17) is 29.0 Å². The van der Waals surface area contributed by atoms with Crippen LogP contribution >= 0.6 is 35.0 Å². The first-order valence-electron chi connectivity index (χ1n) is 7.63. The first-order chi connectivity index (χ1) is 12.4.